The highest BCUT2D eigenvalue weighted by Gasteiger charge is 2.29. The lowest BCUT2D eigenvalue weighted by Gasteiger charge is -2.33. The predicted molar refractivity (Wildman–Crippen MR) is 69.8 cm³/mol. The molecule has 16 heavy (non-hydrogen) atoms. The molecule has 0 aliphatic rings. The lowest BCUT2D eigenvalue weighted by molar-refractivity contribution is 0.247. The highest BCUT2D eigenvalue weighted by molar-refractivity contribution is 5.13. The Kier molecular flexibility index (Phi) is 3.24. The molecule has 1 atom stereocenters. The predicted octanol–water partition coefficient (Wildman–Crippen LogP) is 4.10. The number of rotatable bonds is 1. The summed E-state index contributed by atoms with van der Waals surface area (Å²) in [5.74, 6) is 1.19. The molecule has 0 aromatic carbocycles. The van der Waals surface area contributed by atoms with Crippen molar-refractivity contribution in [2.75, 3.05) is 0 Å². The average Bonchev–Trinajstić information content (AvgIpc) is 2.43. The van der Waals surface area contributed by atoms with Crippen molar-refractivity contribution < 1.29 is 0 Å². The van der Waals surface area contributed by atoms with Gasteiger partial charge in [-0.1, -0.05) is 41.5 Å². The van der Waals surface area contributed by atoms with Crippen LogP contribution in [0.25, 0.3) is 0 Å². The van der Waals surface area contributed by atoms with Gasteiger partial charge >= 0.3 is 0 Å². The molecular formula is C14H26N2. The van der Waals surface area contributed by atoms with Crippen LogP contribution in [-0.2, 0) is 5.41 Å². The Hall–Kier alpha value is -0.790. The van der Waals surface area contributed by atoms with Crippen molar-refractivity contribution in [1.29, 1.82) is 0 Å². The molecule has 0 amide bonds. The van der Waals surface area contributed by atoms with Crippen molar-refractivity contribution in [2.45, 2.75) is 66.8 Å². The lowest BCUT2D eigenvalue weighted by atomic mass is 9.86. The van der Waals surface area contributed by atoms with Gasteiger partial charge in [-0.25, -0.2) is 4.98 Å². The summed E-state index contributed by atoms with van der Waals surface area (Å²) in [6.07, 6.45) is 1.99. The fourth-order valence-corrected chi connectivity index (χ4v) is 1.88. The van der Waals surface area contributed by atoms with E-state index in [1.165, 1.54) is 11.5 Å². The van der Waals surface area contributed by atoms with Crippen molar-refractivity contribution in [3.8, 4) is 0 Å². The van der Waals surface area contributed by atoms with Crippen molar-refractivity contribution in [2.24, 2.45) is 5.41 Å². The van der Waals surface area contributed by atoms with E-state index >= 15 is 0 Å². The molecule has 0 N–H and O–H groups in total. The molecule has 0 saturated heterocycles. The second kappa shape index (κ2) is 3.90. The first kappa shape index (κ1) is 13.3. The van der Waals surface area contributed by atoms with Crippen molar-refractivity contribution in [3.63, 3.8) is 0 Å². The summed E-state index contributed by atoms with van der Waals surface area (Å²) >= 11 is 0. The van der Waals surface area contributed by atoms with E-state index in [-0.39, 0.29) is 10.8 Å². The first-order chi connectivity index (χ1) is 7.05. The van der Waals surface area contributed by atoms with Gasteiger partial charge in [0, 0.05) is 23.3 Å². The van der Waals surface area contributed by atoms with Crippen LogP contribution in [0.2, 0.25) is 0 Å². The summed E-state index contributed by atoms with van der Waals surface area (Å²) in [4.78, 5) is 4.58. The topological polar surface area (TPSA) is 17.8 Å². The average molecular weight is 222 g/mol. The Morgan fingerprint density at radius 1 is 1.12 bits per heavy atom. The van der Waals surface area contributed by atoms with Gasteiger partial charge in [-0.15, -0.1) is 0 Å². The Balaban J connectivity index is 3.28. The van der Waals surface area contributed by atoms with Gasteiger partial charge in [0.05, 0.1) is 0 Å². The third-order valence-corrected chi connectivity index (χ3v) is 3.29. The zero-order chi connectivity index (χ0) is 12.7. The van der Waals surface area contributed by atoms with Crippen molar-refractivity contribution in [1.82, 2.24) is 9.55 Å². The monoisotopic (exact) mass is 222 g/mol. The number of imidazole rings is 1. The molecule has 0 bridgehead atoms. The molecule has 1 aromatic heterocycles. The van der Waals surface area contributed by atoms with Crippen LogP contribution in [0, 0.1) is 12.3 Å². The Bertz CT molecular complexity index is 361. The number of hydrogen-bond donors (Lipinski definition) is 0. The highest BCUT2D eigenvalue weighted by atomic mass is 15.1. The molecule has 1 heterocycles. The van der Waals surface area contributed by atoms with Gasteiger partial charge < -0.3 is 4.57 Å². The van der Waals surface area contributed by atoms with Gasteiger partial charge in [-0.3, -0.25) is 0 Å². The standard InChI is InChI=1S/C14H26N2/c1-10-9-15-12(14(6,7)8)16(10)11(2)13(3,4)5/h9,11H,1-8H3. The molecule has 0 aliphatic heterocycles. The maximum Gasteiger partial charge on any atom is 0.114 e. The summed E-state index contributed by atoms with van der Waals surface area (Å²) in [5.41, 5.74) is 1.62. The van der Waals surface area contributed by atoms with Gasteiger partial charge in [-0.05, 0) is 19.3 Å². The summed E-state index contributed by atoms with van der Waals surface area (Å²) in [6, 6.07) is 0.462. The summed E-state index contributed by atoms with van der Waals surface area (Å²) < 4.78 is 2.39. The molecule has 92 valence electrons. The Labute approximate surface area is 100 Å². The largest absolute Gasteiger partial charge is 0.329 e. The minimum atomic E-state index is 0.105. The summed E-state index contributed by atoms with van der Waals surface area (Å²) in [5, 5.41) is 0. The Morgan fingerprint density at radius 3 is 2.00 bits per heavy atom. The molecule has 2 heteroatoms. The SMILES string of the molecule is Cc1cnc(C(C)(C)C)n1C(C)C(C)(C)C. The van der Waals surface area contributed by atoms with E-state index in [0.717, 1.165) is 0 Å². The van der Waals surface area contributed by atoms with Crippen LogP contribution in [0.4, 0.5) is 0 Å². The van der Waals surface area contributed by atoms with Gasteiger partial charge in [0.1, 0.15) is 5.82 Å². The molecule has 0 fully saturated rings. The van der Waals surface area contributed by atoms with E-state index in [9.17, 15) is 0 Å². The maximum atomic E-state index is 4.58. The van der Waals surface area contributed by atoms with Gasteiger partial charge in [0.25, 0.3) is 0 Å². The van der Waals surface area contributed by atoms with Crippen LogP contribution >= 0.6 is 0 Å². The van der Waals surface area contributed by atoms with E-state index in [1.807, 2.05) is 6.20 Å². The van der Waals surface area contributed by atoms with Crippen LogP contribution < -0.4 is 0 Å². The summed E-state index contributed by atoms with van der Waals surface area (Å²) in [7, 11) is 0. The third kappa shape index (κ3) is 2.47. The summed E-state index contributed by atoms with van der Waals surface area (Å²) in [6.45, 7) is 17.9. The quantitative estimate of drug-likeness (QED) is 0.699. The van der Waals surface area contributed by atoms with Gasteiger partial charge in [-0.2, -0.15) is 0 Å². The molecule has 2 nitrogen and oxygen atoms in total. The van der Waals surface area contributed by atoms with E-state index in [1.54, 1.807) is 0 Å². The first-order valence-corrected chi connectivity index (χ1v) is 6.09. The maximum absolute atomic E-state index is 4.58. The number of aromatic nitrogens is 2. The second-order valence-electron chi connectivity index (χ2n) is 6.89. The molecule has 0 saturated carbocycles. The lowest BCUT2D eigenvalue weighted by Crippen LogP contribution is -2.28. The fraction of sp³-hybridized carbons (Fsp3) is 0.786. The van der Waals surface area contributed by atoms with Crippen LogP contribution in [0.1, 0.15) is 66.0 Å². The molecule has 0 radical (unpaired) electrons. The highest BCUT2D eigenvalue weighted by Crippen LogP contribution is 2.34. The van der Waals surface area contributed by atoms with E-state index in [2.05, 4.69) is 64.9 Å². The van der Waals surface area contributed by atoms with Crippen LogP contribution in [-0.4, -0.2) is 9.55 Å². The Morgan fingerprint density at radius 2 is 1.62 bits per heavy atom. The zero-order valence-corrected chi connectivity index (χ0v) is 12.0. The number of nitrogens with zero attached hydrogens (tertiary/aromatic N) is 2. The van der Waals surface area contributed by atoms with E-state index in [4.69, 9.17) is 0 Å². The molecule has 0 spiro atoms. The molecule has 1 rings (SSSR count). The molecular weight excluding hydrogens is 196 g/mol. The van der Waals surface area contributed by atoms with Gasteiger partial charge in [0.2, 0.25) is 0 Å². The van der Waals surface area contributed by atoms with Crippen molar-refractivity contribution in [3.05, 3.63) is 17.7 Å². The van der Waals surface area contributed by atoms with E-state index in [0.29, 0.717) is 6.04 Å². The third-order valence-electron chi connectivity index (χ3n) is 3.29. The smallest absolute Gasteiger partial charge is 0.114 e. The van der Waals surface area contributed by atoms with Gasteiger partial charge in [0.15, 0.2) is 0 Å². The van der Waals surface area contributed by atoms with Crippen LogP contribution in [0.15, 0.2) is 6.20 Å². The van der Waals surface area contributed by atoms with Crippen LogP contribution in [0.5, 0.6) is 0 Å². The minimum absolute atomic E-state index is 0.105. The molecule has 1 aromatic rings. The van der Waals surface area contributed by atoms with Crippen molar-refractivity contribution >= 4 is 0 Å². The van der Waals surface area contributed by atoms with Crippen LogP contribution in [0.3, 0.4) is 0 Å². The zero-order valence-electron chi connectivity index (χ0n) is 12.0. The first-order valence-electron chi connectivity index (χ1n) is 6.09. The normalized spacial score (nSPS) is 15.2. The molecule has 0 aliphatic carbocycles. The number of hydrogen-bond acceptors (Lipinski definition) is 1. The second-order valence-corrected chi connectivity index (χ2v) is 6.89. The van der Waals surface area contributed by atoms with E-state index < -0.39 is 0 Å². The fourth-order valence-electron chi connectivity index (χ4n) is 1.88. The minimum Gasteiger partial charge on any atom is -0.329 e. The molecule has 1 unspecified atom stereocenters. The number of aryl methyl sites for hydroxylation is 1.